The van der Waals surface area contributed by atoms with E-state index in [1.54, 1.807) is 48.7 Å². The summed E-state index contributed by atoms with van der Waals surface area (Å²) in [6.07, 6.45) is 3.20. The smallest absolute Gasteiger partial charge is 0.411 e. The van der Waals surface area contributed by atoms with E-state index in [1.807, 2.05) is 32.9 Å². The van der Waals surface area contributed by atoms with E-state index in [1.165, 1.54) is 11.8 Å². The minimum Gasteiger partial charge on any atom is -0.458 e. The Balaban J connectivity index is 3.65. The zero-order valence-electron chi connectivity index (χ0n) is 22.2. The topological polar surface area (TPSA) is 94.2 Å². The highest BCUT2D eigenvalue weighted by Gasteiger charge is 2.53. The normalized spacial score (nSPS) is 23.5. The predicted octanol–water partition coefficient (Wildman–Crippen LogP) is 4.07. The Morgan fingerprint density at radius 2 is 1.58 bits per heavy atom. The van der Waals surface area contributed by atoms with E-state index in [2.05, 4.69) is 5.32 Å². The molecule has 1 saturated heterocycles. The molecule has 33 heavy (non-hydrogen) atoms. The molecular weight excluding hydrogens is 424 g/mol. The molecule has 1 aliphatic rings. The lowest BCUT2D eigenvalue weighted by molar-refractivity contribution is -0.160. The lowest BCUT2D eigenvalue weighted by atomic mass is 9.86. The molecule has 0 unspecified atom stereocenters. The van der Waals surface area contributed by atoms with Crippen molar-refractivity contribution in [2.75, 3.05) is 7.11 Å². The molecule has 0 aliphatic carbocycles. The number of methoxy groups -OCH3 is 1. The summed E-state index contributed by atoms with van der Waals surface area (Å²) in [7, 11) is 1.59. The molecule has 0 radical (unpaired) electrons. The minimum absolute atomic E-state index is 0.0409. The molecule has 190 valence electrons. The highest BCUT2D eigenvalue weighted by molar-refractivity contribution is 5.83. The van der Waals surface area contributed by atoms with Gasteiger partial charge in [0.2, 0.25) is 5.91 Å². The number of likely N-dealkylation sites (tertiary alicyclic amines) is 1. The lowest BCUT2D eigenvalue weighted by Crippen LogP contribution is -2.61. The fourth-order valence-electron chi connectivity index (χ4n) is 4.38. The van der Waals surface area contributed by atoms with Gasteiger partial charge in [-0.2, -0.15) is 0 Å². The minimum atomic E-state index is -0.855. The zero-order chi connectivity index (χ0) is 25.7. The Morgan fingerprint density at radius 1 is 1.03 bits per heavy atom. The number of rotatable bonds is 7. The van der Waals surface area contributed by atoms with Crippen LogP contribution in [0.2, 0.25) is 0 Å². The van der Waals surface area contributed by atoms with Crippen molar-refractivity contribution in [1.29, 1.82) is 0 Å². The van der Waals surface area contributed by atoms with E-state index in [-0.39, 0.29) is 17.7 Å². The molecular formula is C25H44N2O6. The van der Waals surface area contributed by atoms with Gasteiger partial charge in [-0.1, -0.05) is 26.0 Å². The van der Waals surface area contributed by atoms with Gasteiger partial charge in [0.15, 0.2) is 0 Å². The predicted molar refractivity (Wildman–Crippen MR) is 128 cm³/mol. The average molecular weight is 469 g/mol. The van der Waals surface area contributed by atoms with Crippen LogP contribution in [0.4, 0.5) is 4.79 Å². The molecule has 0 spiro atoms. The number of hydrogen-bond donors (Lipinski definition) is 1. The maximum atomic E-state index is 13.5. The van der Waals surface area contributed by atoms with Crippen molar-refractivity contribution in [3.63, 3.8) is 0 Å². The van der Waals surface area contributed by atoms with Gasteiger partial charge in [-0.05, 0) is 60.8 Å². The molecule has 8 heteroatoms. The molecule has 0 saturated carbocycles. The molecule has 8 nitrogen and oxygen atoms in total. The molecule has 1 heterocycles. The standard InChI is InChI=1S/C25H44N2O6/c1-12-13-17-14-18(22(29)32-24(5,6)7)27(23(30)33-25(8,9)10)20(17)19(26-16(4)28)21(31-11)15(2)3/h12-13,15,17-21H,14H2,1-11H3,(H,26,28)/t17-,18+,19-,20-,21+/m1/s1. The maximum absolute atomic E-state index is 13.5. The van der Waals surface area contributed by atoms with Crippen molar-refractivity contribution in [3.8, 4) is 0 Å². The van der Waals surface area contributed by atoms with Gasteiger partial charge < -0.3 is 19.5 Å². The molecule has 5 atom stereocenters. The number of ether oxygens (including phenoxy) is 3. The molecule has 0 bridgehead atoms. The van der Waals surface area contributed by atoms with Crippen LogP contribution < -0.4 is 5.32 Å². The Bertz CT molecular complexity index is 719. The van der Waals surface area contributed by atoms with Crippen molar-refractivity contribution in [3.05, 3.63) is 12.2 Å². The highest BCUT2D eigenvalue weighted by atomic mass is 16.6. The first kappa shape index (κ1) is 28.9. The van der Waals surface area contributed by atoms with Crippen molar-refractivity contribution in [2.45, 2.75) is 111 Å². The van der Waals surface area contributed by atoms with Crippen LogP contribution in [-0.4, -0.2) is 65.4 Å². The Kier molecular flexibility index (Phi) is 9.96. The molecule has 1 rings (SSSR count). The van der Waals surface area contributed by atoms with Crippen molar-refractivity contribution in [1.82, 2.24) is 10.2 Å². The second-order valence-electron chi connectivity index (χ2n) is 11.0. The van der Waals surface area contributed by atoms with Crippen LogP contribution in [0.25, 0.3) is 0 Å². The van der Waals surface area contributed by atoms with Crippen molar-refractivity contribution in [2.24, 2.45) is 11.8 Å². The molecule has 1 N–H and O–H groups in total. The molecule has 0 aromatic rings. The van der Waals surface area contributed by atoms with Gasteiger partial charge in [-0.15, -0.1) is 0 Å². The fourth-order valence-corrected chi connectivity index (χ4v) is 4.38. The number of nitrogens with zero attached hydrogens (tertiary/aromatic N) is 1. The summed E-state index contributed by atoms with van der Waals surface area (Å²) < 4.78 is 17.2. The summed E-state index contributed by atoms with van der Waals surface area (Å²) >= 11 is 0. The van der Waals surface area contributed by atoms with Gasteiger partial charge in [-0.3, -0.25) is 9.69 Å². The van der Waals surface area contributed by atoms with Crippen LogP contribution in [0, 0.1) is 11.8 Å². The molecule has 1 fully saturated rings. The third-order valence-electron chi connectivity index (χ3n) is 5.33. The van der Waals surface area contributed by atoms with Crippen LogP contribution >= 0.6 is 0 Å². The van der Waals surface area contributed by atoms with Gasteiger partial charge in [0.25, 0.3) is 0 Å². The third kappa shape index (κ3) is 8.32. The lowest BCUT2D eigenvalue weighted by Gasteiger charge is -2.41. The van der Waals surface area contributed by atoms with Gasteiger partial charge in [-0.25, -0.2) is 9.59 Å². The summed E-state index contributed by atoms with van der Waals surface area (Å²) in [5.74, 6) is -0.912. The summed E-state index contributed by atoms with van der Waals surface area (Å²) in [5.41, 5.74) is -1.48. The van der Waals surface area contributed by atoms with Gasteiger partial charge in [0, 0.05) is 20.0 Å². The summed E-state index contributed by atoms with van der Waals surface area (Å²) in [5, 5.41) is 3.00. The van der Waals surface area contributed by atoms with Crippen molar-refractivity contribution >= 4 is 18.0 Å². The Morgan fingerprint density at radius 3 is 1.97 bits per heavy atom. The first-order valence-electron chi connectivity index (χ1n) is 11.7. The fraction of sp³-hybridized carbons (Fsp3) is 0.800. The van der Waals surface area contributed by atoms with E-state index >= 15 is 0 Å². The van der Waals surface area contributed by atoms with Crippen LogP contribution in [0.1, 0.15) is 75.7 Å². The van der Waals surface area contributed by atoms with Gasteiger partial charge >= 0.3 is 12.1 Å². The maximum Gasteiger partial charge on any atom is 0.411 e. The monoisotopic (exact) mass is 468 g/mol. The number of hydrogen-bond acceptors (Lipinski definition) is 6. The SMILES string of the molecule is CC=C[C@@H]1C[C@@H](C(=O)OC(C)(C)C)N(C(=O)OC(C)(C)C)[C@H]1[C@@H](NC(C)=O)[C@@H](OC)C(C)C. The van der Waals surface area contributed by atoms with Gasteiger partial charge in [0.1, 0.15) is 17.2 Å². The largest absolute Gasteiger partial charge is 0.458 e. The number of amides is 2. The zero-order valence-corrected chi connectivity index (χ0v) is 22.2. The van der Waals surface area contributed by atoms with E-state index in [9.17, 15) is 14.4 Å². The molecule has 2 amide bonds. The molecule has 1 aliphatic heterocycles. The van der Waals surface area contributed by atoms with Crippen LogP contribution in [-0.2, 0) is 23.8 Å². The van der Waals surface area contributed by atoms with E-state index in [0.717, 1.165) is 0 Å². The highest BCUT2D eigenvalue weighted by Crippen LogP contribution is 2.38. The van der Waals surface area contributed by atoms with Crippen LogP contribution in [0.3, 0.4) is 0 Å². The average Bonchev–Trinajstić information content (AvgIpc) is 2.97. The first-order chi connectivity index (χ1) is 15.0. The molecule has 0 aromatic heterocycles. The number of nitrogens with one attached hydrogen (secondary N) is 1. The number of esters is 1. The number of allylic oxidation sites excluding steroid dienone is 1. The number of carbonyl (C=O) groups is 3. The van der Waals surface area contributed by atoms with Crippen LogP contribution in [0.15, 0.2) is 12.2 Å². The third-order valence-corrected chi connectivity index (χ3v) is 5.33. The van der Waals surface area contributed by atoms with Crippen molar-refractivity contribution < 1.29 is 28.6 Å². The number of carbonyl (C=O) groups excluding carboxylic acids is 3. The van der Waals surface area contributed by atoms with E-state index in [4.69, 9.17) is 14.2 Å². The summed E-state index contributed by atoms with van der Waals surface area (Å²) in [6.45, 7) is 18.0. The second kappa shape index (κ2) is 11.4. The first-order valence-corrected chi connectivity index (χ1v) is 11.7. The molecule has 0 aromatic carbocycles. The van der Waals surface area contributed by atoms with Gasteiger partial charge in [0.05, 0.1) is 18.2 Å². The summed E-state index contributed by atoms with van der Waals surface area (Å²) in [4.78, 5) is 40.4. The quantitative estimate of drug-likeness (QED) is 0.447. The Hall–Kier alpha value is -2.09. The Labute approximate surface area is 199 Å². The van der Waals surface area contributed by atoms with E-state index in [0.29, 0.717) is 6.42 Å². The summed E-state index contributed by atoms with van der Waals surface area (Å²) in [6, 6.07) is -1.98. The second-order valence-corrected chi connectivity index (χ2v) is 11.0. The van der Waals surface area contributed by atoms with E-state index < -0.39 is 47.5 Å². The van der Waals surface area contributed by atoms with Crippen LogP contribution in [0.5, 0.6) is 0 Å².